The lowest BCUT2D eigenvalue weighted by Crippen LogP contribution is -2.35. The highest BCUT2D eigenvalue weighted by Gasteiger charge is 2.31. The van der Waals surface area contributed by atoms with Crippen LogP contribution < -0.4 is 0 Å². The Morgan fingerprint density at radius 2 is 2.09 bits per heavy atom. The fourth-order valence-electron chi connectivity index (χ4n) is 2.58. The predicted molar refractivity (Wildman–Crippen MR) is 84.0 cm³/mol. The van der Waals surface area contributed by atoms with Crippen molar-refractivity contribution in [2.24, 2.45) is 5.92 Å². The molecule has 0 radical (unpaired) electrons. The third-order valence-electron chi connectivity index (χ3n) is 4.12. The Balaban J connectivity index is 1.76. The van der Waals surface area contributed by atoms with Crippen LogP contribution in [0.3, 0.4) is 0 Å². The van der Waals surface area contributed by atoms with E-state index in [-0.39, 0.29) is 5.91 Å². The molecule has 1 unspecified atom stereocenters. The number of benzene rings is 1. The molecule has 116 valence electrons. The zero-order valence-corrected chi connectivity index (χ0v) is 12.9. The van der Waals surface area contributed by atoms with E-state index in [1.54, 1.807) is 22.8 Å². The van der Waals surface area contributed by atoms with Crippen LogP contribution in [0.25, 0.3) is 5.69 Å². The maximum atomic E-state index is 12.6. The smallest absolute Gasteiger partial charge is 0.257 e. The molecule has 1 aliphatic carbocycles. The lowest BCUT2D eigenvalue weighted by atomic mass is 10.2. The molecule has 1 amide bonds. The number of hydrogen-bond donors (Lipinski definition) is 1. The number of likely N-dealkylation sites (N-methyl/N-ethyl adjacent to an activating group) is 1. The summed E-state index contributed by atoms with van der Waals surface area (Å²) < 4.78 is 1.72. The lowest BCUT2D eigenvalue weighted by Gasteiger charge is -2.20. The first-order valence-corrected chi connectivity index (χ1v) is 7.61. The van der Waals surface area contributed by atoms with E-state index in [4.69, 9.17) is 0 Å². The number of amides is 1. The largest absolute Gasteiger partial charge is 0.391 e. The first kappa shape index (κ1) is 14.8. The molecule has 1 N–H and O–H groups in total. The van der Waals surface area contributed by atoms with Crippen LogP contribution in [-0.2, 0) is 0 Å². The summed E-state index contributed by atoms with van der Waals surface area (Å²) in [5.74, 6) is 0.266. The second-order valence-corrected chi connectivity index (χ2v) is 6.00. The second-order valence-electron chi connectivity index (χ2n) is 6.00. The number of carbonyl (C=O) groups is 1. The highest BCUT2D eigenvalue weighted by atomic mass is 16.3. The van der Waals surface area contributed by atoms with Crippen LogP contribution in [-0.4, -0.2) is 45.4 Å². The minimum atomic E-state index is -0.418. The van der Waals surface area contributed by atoms with Gasteiger partial charge in [-0.3, -0.25) is 4.79 Å². The summed E-state index contributed by atoms with van der Waals surface area (Å²) in [5.41, 5.74) is 2.20. The van der Waals surface area contributed by atoms with Crippen molar-refractivity contribution in [3.05, 3.63) is 47.8 Å². The summed E-state index contributed by atoms with van der Waals surface area (Å²) in [7, 11) is 1.73. The van der Waals surface area contributed by atoms with Crippen molar-refractivity contribution in [3.63, 3.8) is 0 Å². The number of hydrogen-bond acceptors (Lipinski definition) is 3. The molecule has 1 heterocycles. The van der Waals surface area contributed by atoms with Gasteiger partial charge in [-0.2, -0.15) is 5.10 Å². The van der Waals surface area contributed by atoms with Crippen molar-refractivity contribution >= 4 is 5.91 Å². The summed E-state index contributed by atoms with van der Waals surface area (Å²) in [6.45, 7) is 2.21. The van der Waals surface area contributed by atoms with E-state index < -0.39 is 6.10 Å². The molecule has 1 fully saturated rings. The summed E-state index contributed by atoms with van der Waals surface area (Å²) in [6.07, 6.45) is 3.47. The number of nitrogens with zero attached hydrogens (tertiary/aromatic N) is 3. The van der Waals surface area contributed by atoms with Crippen molar-refractivity contribution in [1.82, 2.24) is 14.7 Å². The molecule has 22 heavy (non-hydrogen) atoms. The van der Waals surface area contributed by atoms with Gasteiger partial charge in [0.15, 0.2) is 0 Å². The Kier molecular flexibility index (Phi) is 3.98. The average Bonchev–Trinajstić information content (AvgIpc) is 3.30. The zero-order valence-electron chi connectivity index (χ0n) is 12.9. The normalized spacial score (nSPS) is 15.6. The van der Waals surface area contributed by atoms with Gasteiger partial charge < -0.3 is 10.0 Å². The van der Waals surface area contributed by atoms with Gasteiger partial charge in [-0.1, -0.05) is 18.2 Å². The molecule has 0 aliphatic heterocycles. The molecule has 1 saturated carbocycles. The van der Waals surface area contributed by atoms with Crippen molar-refractivity contribution in [3.8, 4) is 5.69 Å². The van der Waals surface area contributed by atoms with E-state index in [9.17, 15) is 9.90 Å². The van der Waals surface area contributed by atoms with E-state index >= 15 is 0 Å². The average molecular weight is 299 g/mol. The summed E-state index contributed by atoms with van der Waals surface area (Å²) in [4.78, 5) is 14.1. The second kappa shape index (κ2) is 5.93. The first-order valence-electron chi connectivity index (χ1n) is 7.61. The fraction of sp³-hybridized carbons (Fsp3) is 0.412. The minimum absolute atomic E-state index is 0.0978. The molecule has 1 aliphatic rings. The van der Waals surface area contributed by atoms with Crippen LogP contribution in [0.2, 0.25) is 0 Å². The number of aliphatic hydroxyl groups is 1. The number of aromatic nitrogens is 2. The molecule has 2 aromatic rings. The highest BCUT2D eigenvalue weighted by Crippen LogP contribution is 2.32. The molecular formula is C17H21N3O2. The Morgan fingerprint density at radius 3 is 2.73 bits per heavy atom. The molecule has 0 saturated heterocycles. The van der Waals surface area contributed by atoms with Crippen LogP contribution in [0.4, 0.5) is 0 Å². The van der Waals surface area contributed by atoms with Gasteiger partial charge >= 0.3 is 0 Å². The van der Waals surface area contributed by atoms with Crippen LogP contribution >= 0.6 is 0 Å². The molecule has 1 aromatic carbocycles. The molecule has 0 spiro atoms. The van der Waals surface area contributed by atoms with Crippen molar-refractivity contribution in [2.75, 3.05) is 13.6 Å². The third-order valence-corrected chi connectivity index (χ3v) is 4.12. The molecule has 1 aromatic heterocycles. The van der Waals surface area contributed by atoms with Gasteiger partial charge in [0.2, 0.25) is 0 Å². The first-order chi connectivity index (χ1) is 10.6. The quantitative estimate of drug-likeness (QED) is 0.919. The van der Waals surface area contributed by atoms with Crippen molar-refractivity contribution in [1.29, 1.82) is 0 Å². The monoisotopic (exact) mass is 299 g/mol. The van der Waals surface area contributed by atoms with Gasteiger partial charge in [0.1, 0.15) is 0 Å². The minimum Gasteiger partial charge on any atom is -0.391 e. The molecule has 5 nitrogen and oxygen atoms in total. The van der Waals surface area contributed by atoms with Gasteiger partial charge in [-0.15, -0.1) is 0 Å². The molecule has 3 rings (SSSR count). The van der Waals surface area contributed by atoms with Crippen LogP contribution in [0.1, 0.15) is 28.9 Å². The maximum absolute atomic E-state index is 12.6. The van der Waals surface area contributed by atoms with Gasteiger partial charge in [-0.25, -0.2) is 4.68 Å². The summed E-state index contributed by atoms with van der Waals surface area (Å²) in [6, 6.07) is 9.71. The van der Waals surface area contributed by atoms with Gasteiger partial charge in [0, 0.05) is 19.8 Å². The van der Waals surface area contributed by atoms with Gasteiger partial charge in [0.25, 0.3) is 5.91 Å². The summed E-state index contributed by atoms with van der Waals surface area (Å²) in [5, 5.41) is 14.4. The lowest BCUT2D eigenvalue weighted by molar-refractivity contribution is 0.0644. The Labute approximate surface area is 130 Å². The summed E-state index contributed by atoms with van der Waals surface area (Å²) >= 11 is 0. The van der Waals surface area contributed by atoms with E-state index in [0.717, 1.165) is 18.5 Å². The van der Waals surface area contributed by atoms with Gasteiger partial charge in [0.05, 0.1) is 23.0 Å². The van der Waals surface area contributed by atoms with Crippen LogP contribution in [0, 0.1) is 12.8 Å². The molecule has 5 heteroatoms. The van der Waals surface area contributed by atoms with Gasteiger partial charge in [-0.05, 0) is 37.8 Å². The number of carbonyl (C=O) groups excluding carboxylic acids is 1. The van der Waals surface area contributed by atoms with Crippen LogP contribution in [0.15, 0.2) is 36.5 Å². The van der Waals surface area contributed by atoms with E-state index in [1.165, 1.54) is 0 Å². The molecule has 1 atom stereocenters. The predicted octanol–water partition coefficient (Wildman–Crippen LogP) is 2.02. The Hall–Kier alpha value is -2.14. The van der Waals surface area contributed by atoms with Crippen molar-refractivity contribution < 1.29 is 9.90 Å². The standard InChI is InChI=1S/C17H21N3O2/c1-12-15(10-20(18-12)14-6-4-3-5-7-14)17(22)19(2)11-16(21)13-8-9-13/h3-7,10,13,16,21H,8-9,11H2,1-2H3. The SMILES string of the molecule is Cc1nn(-c2ccccc2)cc1C(=O)N(C)CC(O)C1CC1. The fourth-order valence-corrected chi connectivity index (χ4v) is 2.58. The zero-order chi connectivity index (χ0) is 15.7. The van der Waals surface area contributed by atoms with E-state index in [2.05, 4.69) is 5.10 Å². The maximum Gasteiger partial charge on any atom is 0.257 e. The number of para-hydroxylation sites is 1. The molecular weight excluding hydrogens is 278 g/mol. The van der Waals surface area contributed by atoms with E-state index in [1.807, 2.05) is 37.3 Å². The van der Waals surface area contributed by atoms with E-state index in [0.29, 0.717) is 23.7 Å². The topological polar surface area (TPSA) is 58.4 Å². The molecule has 0 bridgehead atoms. The van der Waals surface area contributed by atoms with Crippen molar-refractivity contribution in [2.45, 2.75) is 25.9 Å². The third kappa shape index (κ3) is 3.04. The Morgan fingerprint density at radius 1 is 1.41 bits per heavy atom. The Bertz CT molecular complexity index is 662. The highest BCUT2D eigenvalue weighted by molar-refractivity contribution is 5.95. The number of aliphatic hydroxyl groups excluding tert-OH is 1. The van der Waals surface area contributed by atoms with Crippen LogP contribution in [0.5, 0.6) is 0 Å². The number of aryl methyl sites for hydroxylation is 1. The number of rotatable bonds is 5.